The molecule has 0 aromatic carbocycles. The number of hydrogen-bond acceptors (Lipinski definition) is 5. The number of aryl methyl sites for hydroxylation is 2. The Bertz CT molecular complexity index is 667. The number of amides is 1. The Morgan fingerprint density at radius 3 is 2.73 bits per heavy atom. The van der Waals surface area contributed by atoms with Gasteiger partial charge < -0.3 is 5.32 Å². The van der Waals surface area contributed by atoms with Crippen molar-refractivity contribution in [1.29, 1.82) is 0 Å². The van der Waals surface area contributed by atoms with Gasteiger partial charge in [-0.05, 0) is 39.2 Å². The van der Waals surface area contributed by atoms with E-state index in [2.05, 4.69) is 34.2 Å². The van der Waals surface area contributed by atoms with Crippen molar-refractivity contribution in [3.8, 4) is 0 Å². The summed E-state index contributed by atoms with van der Waals surface area (Å²) in [4.78, 5) is 20.8. The number of nitrogens with zero attached hydrogens (tertiary/aromatic N) is 4. The maximum atomic E-state index is 12.1. The van der Waals surface area contributed by atoms with Crippen LogP contribution in [0.15, 0.2) is 11.2 Å². The molecule has 0 aliphatic rings. The Hall–Kier alpha value is -1.63. The minimum absolute atomic E-state index is 0.0189. The van der Waals surface area contributed by atoms with Gasteiger partial charge in [-0.15, -0.1) is 5.10 Å². The summed E-state index contributed by atoms with van der Waals surface area (Å²) >= 11 is 1.36. The van der Waals surface area contributed by atoms with Gasteiger partial charge in [-0.2, -0.15) is 4.98 Å². The third-order valence-corrected chi connectivity index (χ3v) is 4.22. The average Bonchev–Trinajstić information content (AvgIpc) is 2.80. The second-order valence-corrected chi connectivity index (χ2v) is 7.19. The summed E-state index contributed by atoms with van der Waals surface area (Å²) in [7, 11) is 0. The Labute approximate surface area is 135 Å². The van der Waals surface area contributed by atoms with Crippen LogP contribution < -0.4 is 5.32 Å². The number of fused-ring (bicyclic) bond motifs is 1. The number of aromatic nitrogens is 4. The summed E-state index contributed by atoms with van der Waals surface area (Å²) in [5, 5.41) is 7.71. The monoisotopic (exact) mass is 321 g/mol. The Kier molecular flexibility index (Phi) is 5.39. The molecule has 0 aliphatic heterocycles. The standard InChI is InChI=1S/C15H23N5OS/c1-9(2)6-7-16-13(21)12(5)22-15-18-14-17-10(3)8-11(4)20(14)19-15/h8-9,12H,6-7H2,1-5H3,(H,16,21)/t12-/m0/s1. The van der Waals surface area contributed by atoms with Gasteiger partial charge in [0.05, 0.1) is 5.25 Å². The third kappa shape index (κ3) is 4.19. The maximum absolute atomic E-state index is 12.1. The molecule has 2 aromatic heterocycles. The predicted molar refractivity (Wildman–Crippen MR) is 88.0 cm³/mol. The average molecular weight is 321 g/mol. The van der Waals surface area contributed by atoms with Crippen molar-refractivity contribution in [3.05, 3.63) is 17.5 Å². The van der Waals surface area contributed by atoms with Gasteiger partial charge in [0, 0.05) is 17.9 Å². The van der Waals surface area contributed by atoms with Gasteiger partial charge in [0.25, 0.3) is 5.78 Å². The molecule has 0 fully saturated rings. The van der Waals surface area contributed by atoms with E-state index in [1.165, 1.54) is 11.8 Å². The Morgan fingerprint density at radius 2 is 2.05 bits per heavy atom. The minimum atomic E-state index is -0.231. The van der Waals surface area contributed by atoms with Crippen LogP contribution in [0.5, 0.6) is 0 Å². The lowest BCUT2D eigenvalue weighted by molar-refractivity contribution is -0.120. The highest BCUT2D eigenvalue weighted by Gasteiger charge is 2.17. The van der Waals surface area contributed by atoms with Crippen LogP contribution in [-0.2, 0) is 4.79 Å². The maximum Gasteiger partial charge on any atom is 0.253 e. The first-order valence-electron chi connectivity index (χ1n) is 7.52. The number of nitrogens with one attached hydrogen (secondary N) is 1. The molecule has 0 saturated carbocycles. The van der Waals surface area contributed by atoms with Crippen LogP contribution in [-0.4, -0.2) is 37.3 Å². The Morgan fingerprint density at radius 1 is 1.32 bits per heavy atom. The molecule has 0 spiro atoms. The number of rotatable bonds is 6. The summed E-state index contributed by atoms with van der Waals surface area (Å²) in [6.45, 7) is 10.8. The molecule has 22 heavy (non-hydrogen) atoms. The van der Waals surface area contributed by atoms with Crippen LogP contribution in [0.25, 0.3) is 5.78 Å². The molecular weight excluding hydrogens is 298 g/mol. The summed E-state index contributed by atoms with van der Waals surface area (Å²) in [5.41, 5.74) is 1.89. The number of carbonyl (C=O) groups is 1. The molecular formula is C15H23N5OS. The molecule has 1 N–H and O–H groups in total. The van der Waals surface area contributed by atoms with Crippen LogP contribution in [0, 0.1) is 19.8 Å². The first-order valence-corrected chi connectivity index (χ1v) is 8.40. The lowest BCUT2D eigenvalue weighted by Crippen LogP contribution is -2.32. The van der Waals surface area contributed by atoms with Gasteiger partial charge in [0.2, 0.25) is 11.1 Å². The van der Waals surface area contributed by atoms with Crippen molar-refractivity contribution in [2.24, 2.45) is 5.92 Å². The van der Waals surface area contributed by atoms with E-state index in [-0.39, 0.29) is 11.2 Å². The minimum Gasteiger partial charge on any atom is -0.355 e. The van der Waals surface area contributed by atoms with Crippen molar-refractivity contribution in [2.75, 3.05) is 6.54 Å². The zero-order valence-electron chi connectivity index (χ0n) is 13.8. The highest BCUT2D eigenvalue weighted by atomic mass is 32.2. The molecule has 2 aromatic rings. The van der Waals surface area contributed by atoms with Gasteiger partial charge in [-0.3, -0.25) is 4.79 Å². The van der Waals surface area contributed by atoms with Crippen LogP contribution in [0.1, 0.15) is 38.6 Å². The largest absolute Gasteiger partial charge is 0.355 e. The van der Waals surface area contributed by atoms with E-state index in [1.54, 1.807) is 4.52 Å². The van der Waals surface area contributed by atoms with E-state index in [1.807, 2.05) is 26.8 Å². The van der Waals surface area contributed by atoms with E-state index < -0.39 is 0 Å². The highest BCUT2D eigenvalue weighted by molar-refractivity contribution is 8.00. The molecule has 2 rings (SSSR count). The first-order chi connectivity index (χ1) is 10.4. The normalized spacial score (nSPS) is 12.8. The van der Waals surface area contributed by atoms with Gasteiger partial charge in [0.1, 0.15) is 0 Å². The topological polar surface area (TPSA) is 72.2 Å². The zero-order chi connectivity index (χ0) is 16.3. The van der Waals surface area contributed by atoms with Crippen LogP contribution >= 0.6 is 11.8 Å². The van der Waals surface area contributed by atoms with Crippen LogP contribution in [0.3, 0.4) is 0 Å². The van der Waals surface area contributed by atoms with Crippen molar-refractivity contribution < 1.29 is 4.79 Å². The number of thioether (sulfide) groups is 1. The SMILES string of the molecule is Cc1cc(C)n2nc(S[C@@H](C)C(=O)NCCC(C)C)nc2n1. The van der Waals surface area contributed by atoms with Crippen molar-refractivity contribution >= 4 is 23.4 Å². The molecule has 120 valence electrons. The molecule has 7 heteroatoms. The summed E-state index contributed by atoms with van der Waals surface area (Å²) in [6, 6.07) is 1.96. The van der Waals surface area contributed by atoms with E-state index in [0.717, 1.165) is 17.8 Å². The Balaban J connectivity index is 2.01. The number of carbonyl (C=O) groups excluding carboxylic acids is 1. The van der Waals surface area contributed by atoms with Gasteiger partial charge in [-0.1, -0.05) is 25.6 Å². The molecule has 0 saturated heterocycles. The summed E-state index contributed by atoms with van der Waals surface area (Å²) in [5.74, 6) is 1.18. The van der Waals surface area contributed by atoms with Crippen LogP contribution in [0.2, 0.25) is 0 Å². The third-order valence-electron chi connectivity index (χ3n) is 3.27. The molecule has 0 aliphatic carbocycles. The summed E-state index contributed by atoms with van der Waals surface area (Å²) in [6.07, 6.45) is 0.984. The summed E-state index contributed by atoms with van der Waals surface area (Å²) < 4.78 is 1.71. The molecule has 0 unspecified atom stereocenters. The fraction of sp³-hybridized carbons (Fsp3) is 0.600. The zero-order valence-corrected chi connectivity index (χ0v) is 14.6. The molecule has 1 atom stereocenters. The highest BCUT2D eigenvalue weighted by Crippen LogP contribution is 2.20. The van der Waals surface area contributed by atoms with E-state index in [9.17, 15) is 4.79 Å². The lowest BCUT2D eigenvalue weighted by atomic mass is 10.1. The predicted octanol–water partition coefficient (Wildman–Crippen LogP) is 2.38. The van der Waals surface area contributed by atoms with E-state index in [4.69, 9.17) is 0 Å². The molecule has 0 radical (unpaired) electrons. The lowest BCUT2D eigenvalue weighted by Gasteiger charge is -2.11. The van der Waals surface area contributed by atoms with Gasteiger partial charge in [-0.25, -0.2) is 9.50 Å². The second kappa shape index (κ2) is 7.09. The van der Waals surface area contributed by atoms with Gasteiger partial charge in [0.15, 0.2) is 0 Å². The van der Waals surface area contributed by atoms with Crippen molar-refractivity contribution in [3.63, 3.8) is 0 Å². The number of hydrogen-bond donors (Lipinski definition) is 1. The molecule has 0 bridgehead atoms. The first kappa shape index (κ1) is 16.7. The smallest absolute Gasteiger partial charge is 0.253 e. The fourth-order valence-corrected chi connectivity index (χ4v) is 2.81. The molecule has 2 heterocycles. The fourth-order valence-electron chi connectivity index (χ4n) is 2.04. The van der Waals surface area contributed by atoms with Gasteiger partial charge >= 0.3 is 0 Å². The van der Waals surface area contributed by atoms with Crippen molar-refractivity contribution in [2.45, 2.75) is 51.4 Å². The van der Waals surface area contributed by atoms with Crippen LogP contribution in [0.4, 0.5) is 0 Å². The van der Waals surface area contributed by atoms with E-state index in [0.29, 0.717) is 23.4 Å². The quantitative estimate of drug-likeness (QED) is 0.827. The van der Waals surface area contributed by atoms with Crippen molar-refractivity contribution in [1.82, 2.24) is 24.9 Å². The molecule has 1 amide bonds. The van der Waals surface area contributed by atoms with E-state index >= 15 is 0 Å². The molecule has 6 nitrogen and oxygen atoms in total. The second-order valence-electron chi connectivity index (χ2n) is 5.88.